The van der Waals surface area contributed by atoms with Gasteiger partial charge < -0.3 is 0 Å². The first-order valence-electron chi connectivity index (χ1n) is 5.61. The summed E-state index contributed by atoms with van der Waals surface area (Å²) in [5, 5.41) is 0. The third kappa shape index (κ3) is 4.31. The van der Waals surface area contributed by atoms with E-state index in [0.717, 1.165) is 34.8 Å². The van der Waals surface area contributed by atoms with E-state index in [4.69, 9.17) is 0 Å². The summed E-state index contributed by atoms with van der Waals surface area (Å²) in [5.41, 5.74) is 4.06. The molecule has 1 rings (SSSR count). The standard InChI is InChI=1S/C14H19N3/c1-10(2)13(8-12(4)15-5)17-14-7-6-11(3)9-16-14/h6-7,9H,1,8H2,2-5H3. The van der Waals surface area contributed by atoms with Crippen molar-refractivity contribution in [3.63, 3.8) is 0 Å². The van der Waals surface area contributed by atoms with E-state index in [1.807, 2.05) is 39.1 Å². The molecule has 0 fully saturated rings. The minimum absolute atomic E-state index is 0.720. The van der Waals surface area contributed by atoms with Gasteiger partial charge in [0.25, 0.3) is 0 Å². The lowest BCUT2D eigenvalue weighted by Gasteiger charge is -2.05. The second-order valence-corrected chi connectivity index (χ2v) is 4.17. The van der Waals surface area contributed by atoms with Gasteiger partial charge in [-0.1, -0.05) is 12.6 Å². The van der Waals surface area contributed by atoms with Gasteiger partial charge in [-0.05, 0) is 38.0 Å². The van der Waals surface area contributed by atoms with Crippen molar-refractivity contribution in [2.24, 2.45) is 9.98 Å². The molecule has 0 radical (unpaired) electrons. The van der Waals surface area contributed by atoms with Crippen molar-refractivity contribution in [1.82, 2.24) is 4.98 Å². The molecule has 0 aliphatic rings. The van der Waals surface area contributed by atoms with Crippen LogP contribution in [0.1, 0.15) is 25.8 Å². The van der Waals surface area contributed by atoms with E-state index in [1.54, 1.807) is 7.05 Å². The van der Waals surface area contributed by atoms with Crippen LogP contribution < -0.4 is 0 Å². The SMILES string of the molecule is C=C(C)C(CC(C)=NC)=Nc1ccc(C)cn1. The van der Waals surface area contributed by atoms with Crippen molar-refractivity contribution in [3.05, 3.63) is 36.0 Å². The molecule has 1 aromatic rings. The van der Waals surface area contributed by atoms with Gasteiger partial charge in [-0.2, -0.15) is 0 Å². The first kappa shape index (κ1) is 13.3. The first-order chi connectivity index (χ1) is 8.02. The van der Waals surface area contributed by atoms with Gasteiger partial charge in [0.05, 0.1) is 5.71 Å². The summed E-state index contributed by atoms with van der Waals surface area (Å²) in [6, 6.07) is 3.92. The molecule has 0 amide bonds. The van der Waals surface area contributed by atoms with Crippen LogP contribution in [0.4, 0.5) is 5.82 Å². The summed E-state index contributed by atoms with van der Waals surface area (Å²) in [7, 11) is 1.79. The summed E-state index contributed by atoms with van der Waals surface area (Å²) < 4.78 is 0. The lowest BCUT2D eigenvalue weighted by Crippen LogP contribution is -2.05. The molecule has 17 heavy (non-hydrogen) atoms. The molecule has 90 valence electrons. The van der Waals surface area contributed by atoms with Crippen LogP contribution >= 0.6 is 0 Å². The maximum Gasteiger partial charge on any atom is 0.152 e. The normalized spacial score (nSPS) is 12.7. The predicted molar refractivity (Wildman–Crippen MR) is 74.5 cm³/mol. The van der Waals surface area contributed by atoms with Crippen LogP contribution in [0.25, 0.3) is 0 Å². The van der Waals surface area contributed by atoms with Gasteiger partial charge in [-0.25, -0.2) is 9.98 Å². The lowest BCUT2D eigenvalue weighted by molar-refractivity contribution is 1.22. The molecule has 0 spiro atoms. The monoisotopic (exact) mass is 229 g/mol. The van der Waals surface area contributed by atoms with Gasteiger partial charge in [0.15, 0.2) is 5.82 Å². The van der Waals surface area contributed by atoms with Gasteiger partial charge in [-0.3, -0.25) is 4.99 Å². The van der Waals surface area contributed by atoms with E-state index < -0.39 is 0 Å². The van der Waals surface area contributed by atoms with E-state index >= 15 is 0 Å². The Kier molecular flexibility index (Phi) is 4.76. The number of allylic oxidation sites excluding steroid dienone is 1. The topological polar surface area (TPSA) is 37.6 Å². The Bertz CT molecular complexity index is 453. The van der Waals surface area contributed by atoms with Crippen molar-refractivity contribution < 1.29 is 0 Å². The average molecular weight is 229 g/mol. The number of aromatic nitrogens is 1. The second-order valence-electron chi connectivity index (χ2n) is 4.17. The van der Waals surface area contributed by atoms with E-state index in [2.05, 4.69) is 21.5 Å². The molecule has 0 bridgehead atoms. The molecule has 0 atom stereocenters. The van der Waals surface area contributed by atoms with Crippen molar-refractivity contribution in [2.75, 3.05) is 7.05 Å². The molecule has 3 heteroatoms. The van der Waals surface area contributed by atoms with Crippen molar-refractivity contribution in [2.45, 2.75) is 27.2 Å². The average Bonchev–Trinajstić information content (AvgIpc) is 2.30. The van der Waals surface area contributed by atoms with Gasteiger partial charge in [-0.15, -0.1) is 0 Å². The quantitative estimate of drug-likeness (QED) is 0.728. The summed E-state index contributed by atoms with van der Waals surface area (Å²) in [5.74, 6) is 0.720. The largest absolute Gasteiger partial charge is 0.297 e. The lowest BCUT2D eigenvalue weighted by atomic mass is 10.1. The smallest absolute Gasteiger partial charge is 0.152 e. The van der Waals surface area contributed by atoms with Crippen molar-refractivity contribution in [3.8, 4) is 0 Å². The molecular formula is C14H19N3. The molecule has 0 saturated heterocycles. The fourth-order valence-corrected chi connectivity index (χ4v) is 1.27. The minimum atomic E-state index is 0.720. The Balaban J connectivity index is 2.98. The number of aryl methyl sites for hydroxylation is 1. The molecule has 0 N–H and O–H groups in total. The van der Waals surface area contributed by atoms with E-state index in [9.17, 15) is 0 Å². The fraction of sp³-hybridized carbons (Fsp3) is 0.357. The first-order valence-corrected chi connectivity index (χ1v) is 5.61. The summed E-state index contributed by atoms with van der Waals surface area (Å²) in [4.78, 5) is 12.9. The Morgan fingerprint density at radius 1 is 1.35 bits per heavy atom. The molecular weight excluding hydrogens is 210 g/mol. The predicted octanol–water partition coefficient (Wildman–Crippen LogP) is 3.52. The molecule has 0 aliphatic carbocycles. The minimum Gasteiger partial charge on any atom is -0.297 e. The maximum absolute atomic E-state index is 4.51. The Morgan fingerprint density at radius 2 is 2.06 bits per heavy atom. The van der Waals surface area contributed by atoms with Crippen LogP contribution in [0.3, 0.4) is 0 Å². The van der Waals surface area contributed by atoms with Gasteiger partial charge in [0.2, 0.25) is 0 Å². The van der Waals surface area contributed by atoms with Gasteiger partial charge >= 0.3 is 0 Å². The molecule has 3 nitrogen and oxygen atoms in total. The summed E-state index contributed by atoms with van der Waals surface area (Å²) >= 11 is 0. The Labute approximate surface area is 103 Å². The number of rotatable bonds is 4. The number of hydrogen-bond donors (Lipinski definition) is 0. The highest BCUT2D eigenvalue weighted by molar-refractivity contribution is 6.11. The maximum atomic E-state index is 4.51. The highest BCUT2D eigenvalue weighted by atomic mass is 14.9. The van der Waals surface area contributed by atoms with Gasteiger partial charge in [0.1, 0.15) is 0 Å². The second kappa shape index (κ2) is 6.09. The number of pyridine rings is 1. The van der Waals surface area contributed by atoms with Crippen LogP contribution in [0.15, 0.2) is 40.5 Å². The van der Waals surface area contributed by atoms with Crippen LogP contribution in [0, 0.1) is 6.92 Å². The highest BCUT2D eigenvalue weighted by Gasteiger charge is 2.03. The zero-order chi connectivity index (χ0) is 12.8. The van der Waals surface area contributed by atoms with E-state index in [1.165, 1.54) is 0 Å². The van der Waals surface area contributed by atoms with Crippen LogP contribution in [-0.2, 0) is 0 Å². The van der Waals surface area contributed by atoms with Crippen molar-refractivity contribution >= 4 is 17.2 Å². The van der Waals surface area contributed by atoms with E-state index in [-0.39, 0.29) is 0 Å². The molecule has 0 aromatic carbocycles. The van der Waals surface area contributed by atoms with Crippen LogP contribution in [0.2, 0.25) is 0 Å². The zero-order valence-electron chi connectivity index (χ0n) is 11.0. The summed E-state index contributed by atoms with van der Waals surface area (Å²) in [6.45, 7) is 9.89. The molecule has 1 heterocycles. The number of aliphatic imine (C=N–C) groups is 2. The summed E-state index contributed by atoms with van der Waals surface area (Å²) in [6.07, 6.45) is 2.54. The van der Waals surface area contributed by atoms with E-state index in [0.29, 0.717) is 0 Å². The third-order valence-electron chi connectivity index (χ3n) is 2.44. The fourth-order valence-electron chi connectivity index (χ4n) is 1.27. The zero-order valence-corrected chi connectivity index (χ0v) is 11.0. The molecule has 1 aromatic heterocycles. The third-order valence-corrected chi connectivity index (χ3v) is 2.44. The number of hydrogen-bond acceptors (Lipinski definition) is 3. The van der Waals surface area contributed by atoms with Crippen molar-refractivity contribution in [1.29, 1.82) is 0 Å². The Hall–Kier alpha value is -1.77. The highest BCUT2D eigenvalue weighted by Crippen LogP contribution is 2.12. The number of nitrogens with zero attached hydrogens (tertiary/aromatic N) is 3. The molecule has 0 saturated carbocycles. The van der Waals surface area contributed by atoms with Crippen LogP contribution in [-0.4, -0.2) is 23.5 Å². The Morgan fingerprint density at radius 3 is 2.53 bits per heavy atom. The van der Waals surface area contributed by atoms with Gasteiger partial charge in [0, 0.05) is 25.4 Å². The molecule has 0 aliphatic heterocycles. The van der Waals surface area contributed by atoms with Crippen LogP contribution in [0.5, 0.6) is 0 Å². The molecule has 0 unspecified atom stereocenters.